The summed E-state index contributed by atoms with van der Waals surface area (Å²) in [5.74, 6) is -0.302. The van der Waals surface area contributed by atoms with E-state index in [1.165, 1.54) is 12.8 Å². The first-order chi connectivity index (χ1) is 11.3. The Balaban J connectivity index is 1.66. The Bertz CT molecular complexity index is 481. The van der Waals surface area contributed by atoms with Gasteiger partial charge in [-0.3, -0.25) is 9.59 Å². The first-order valence-corrected chi connectivity index (χ1v) is 8.80. The van der Waals surface area contributed by atoms with E-state index < -0.39 is 11.7 Å². The molecular weight excluding hydrogens is 310 g/mol. The van der Waals surface area contributed by atoms with E-state index in [0.29, 0.717) is 32.1 Å². The summed E-state index contributed by atoms with van der Waals surface area (Å²) in [6, 6.07) is 0.323. The quantitative estimate of drug-likeness (QED) is 0.742. The lowest BCUT2D eigenvalue weighted by molar-refractivity contribution is -0.130. The third-order valence-corrected chi connectivity index (χ3v) is 4.39. The van der Waals surface area contributed by atoms with Crippen molar-refractivity contribution < 1.29 is 19.1 Å². The molecule has 1 saturated heterocycles. The van der Waals surface area contributed by atoms with E-state index in [0.717, 1.165) is 12.8 Å². The van der Waals surface area contributed by atoms with E-state index in [4.69, 9.17) is 4.74 Å². The van der Waals surface area contributed by atoms with Crippen molar-refractivity contribution in [1.82, 2.24) is 15.5 Å². The van der Waals surface area contributed by atoms with Crippen molar-refractivity contribution in [2.45, 2.75) is 64.5 Å². The van der Waals surface area contributed by atoms with Gasteiger partial charge in [0.15, 0.2) is 0 Å². The van der Waals surface area contributed by atoms with Gasteiger partial charge in [0.05, 0.1) is 5.92 Å². The van der Waals surface area contributed by atoms with Crippen molar-refractivity contribution in [1.29, 1.82) is 0 Å². The summed E-state index contributed by atoms with van der Waals surface area (Å²) in [5.41, 5.74) is -0.540. The van der Waals surface area contributed by atoms with Gasteiger partial charge in [-0.2, -0.15) is 0 Å². The largest absolute Gasteiger partial charge is 0.444 e. The van der Waals surface area contributed by atoms with Crippen LogP contribution in [-0.4, -0.2) is 54.1 Å². The summed E-state index contributed by atoms with van der Waals surface area (Å²) in [4.78, 5) is 37.7. The molecule has 1 unspecified atom stereocenters. The molecule has 7 nitrogen and oxygen atoms in total. The fraction of sp³-hybridized carbons (Fsp3) is 0.824. The predicted octanol–water partition coefficient (Wildman–Crippen LogP) is 1.42. The van der Waals surface area contributed by atoms with Gasteiger partial charge in [0.1, 0.15) is 5.60 Å². The van der Waals surface area contributed by atoms with Crippen molar-refractivity contribution in [3.63, 3.8) is 0 Å². The highest BCUT2D eigenvalue weighted by atomic mass is 16.6. The zero-order chi connectivity index (χ0) is 17.7. The average molecular weight is 339 g/mol. The normalized spacial score (nSPS) is 21.9. The number of alkyl carbamates (subject to hydrolysis) is 1. The molecule has 2 aliphatic rings. The van der Waals surface area contributed by atoms with Crippen molar-refractivity contribution in [2.24, 2.45) is 5.92 Å². The second-order valence-corrected chi connectivity index (χ2v) is 7.61. The summed E-state index contributed by atoms with van der Waals surface area (Å²) >= 11 is 0. The maximum Gasteiger partial charge on any atom is 0.407 e. The van der Waals surface area contributed by atoms with Gasteiger partial charge in [-0.05, 0) is 33.6 Å². The molecule has 1 heterocycles. The molecule has 136 valence electrons. The fourth-order valence-corrected chi connectivity index (χ4v) is 3.28. The minimum Gasteiger partial charge on any atom is -0.444 e. The summed E-state index contributed by atoms with van der Waals surface area (Å²) in [5, 5.41) is 5.38. The molecule has 3 amide bonds. The molecule has 0 aromatic rings. The summed E-state index contributed by atoms with van der Waals surface area (Å²) in [6.07, 6.45) is 4.24. The van der Waals surface area contributed by atoms with Crippen LogP contribution < -0.4 is 10.6 Å². The Kier molecular flexibility index (Phi) is 6.07. The van der Waals surface area contributed by atoms with E-state index in [9.17, 15) is 14.4 Å². The molecule has 1 aliphatic carbocycles. The van der Waals surface area contributed by atoms with Crippen LogP contribution in [0.3, 0.4) is 0 Å². The molecule has 7 heteroatoms. The molecule has 2 fully saturated rings. The molecule has 1 aliphatic heterocycles. The average Bonchev–Trinajstić information content (AvgIpc) is 3.10. The lowest BCUT2D eigenvalue weighted by atomic mass is 10.1. The summed E-state index contributed by atoms with van der Waals surface area (Å²) < 4.78 is 5.12. The lowest BCUT2D eigenvalue weighted by Gasteiger charge is -2.23. The van der Waals surface area contributed by atoms with Crippen LogP contribution in [0.4, 0.5) is 4.79 Å². The van der Waals surface area contributed by atoms with E-state index in [-0.39, 0.29) is 17.7 Å². The smallest absolute Gasteiger partial charge is 0.407 e. The third kappa shape index (κ3) is 5.39. The van der Waals surface area contributed by atoms with Crippen molar-refractivity contribution in [2.75, 3.05) is 19.6 Å². The van der Waals surface area contributed by atoms with Crippen LogP contribution in [0, 0.1) is 5.92 Å². The zero-order valence-corrected chi connectivity index (χ0v) is 14.9. The second-order valence-electron chi connectivity index (χ2n) is 7.61. The highest BCUT2D eigenvalue weighted by Gasteiger charge is 2.38. The Morgan fingerprint density at radius 1 is 1.17 bits per heavy atom. The Hall–Kier alpha value is -1.79. The maximum absolute atomic E-state index is 12.2. The molecule has 0 aromatic carbocycles. The number of rotatable bonds is 5. The number of likely N-dealkylation sites (tertiary alicyclic amines) is 1. The van der Waals surface area contributed by atoms with Crippen LogP contribution in [-0.2, 0) is 14.3 Å². The van der Waals surface area contributed by atoms with E-state index in [1.54, 1.807) is 20.8 Å². The van der Waals surface area contributed by atoms with Crippen LogP contribution in [0.25, 0.3) is 0 Å². The highest BCUT2D eigenvalue weighted by Crippen LogP contribution is 2.29. The number of carbonyl (C=O) groups excluding carboxylic acids is 3. The number of nitrogens with one attached hydrogen (secondary N) is 2. The first kappa shape index (κ1) is 18.5. The number of hydrogen-bond acceptors (Lipinski definition) is 4. The number of ether oxygens (including phenoxy) is 1. The Morgan fingerprint density at radius 3 is 2.42 bits per heavy atom. The molecule has 0 aromatic heterocycles. The molecule has 2 N–H and O–H groups in total. The molecule has 1 atom stereocenters. The SMILES string of the molecule is CC(C)(C)OC(=O)NCCNC(=O)C1CC(=O)N(C2CCCC2)C1. The molecule has 2 rings (SSSR count). The fourth-order valence-electron chi connectivity index (χ4n) is 3.28. The monoisotopic (exact) mass is 339 g/mol. The van der Waals surface area contributed by atoms with Gasteiger partial charge in [-0.25, -0.2) is 4.79 Å². The second kappa shape index (κ2) is 7.85. The number of carbonyl (C=O) groups is 3. The van der Waals surface area contributed by atoms with Gasteiger partial charge in [-0.15, -0.1) is 0 Å². The van der Waals surface area contributed by atoms with Gasteiger partial charge in [-0.1, -0.05) is 12.8 Å². The van der Waals surface area contributed by atoms with Crippen LogP contribution in [0.15, 0.2) is 0 Å². The molecule has 0 bridgehead atoms. The predicted molar refractivity (Wildman–Crippen MR) is 89.3 cm³/mol. The van der Waals surface area contributed by atoms with Crippen LogP contribution in [0.1, 0.15) is 52.9 Å². The van der Waals surface area contributed by atoms with E-state index in [2.05, 4.69) is 10.6 Å². The van der Waals surface area contributed by atoms with Crippen LogP contribution in [0.2, 0.25) is 0 Å². The summed E-state index contributed by atoms with van der Waals surface area (Å²) in [6.45, 7) is 6.53. The van der Waals surface area contributed by atoms with E-state index in [1.807, 2.05) is 4.90 Å². The minimum atomic E-state index is -0.540. The molecule has 0 spiro atoms. The van der Waals surface area contributed by atoms with Crippen LogP contribution >= 0.6 is 0 Å². The number of amides is 3. The number of nitrogens with zero attached hydrogens (tertiary/aromatic N) is 1. The topological polar surface area (TPSA) is 87.7 Å². The molecule has 0 radical (unpaired) electrons. The van der Waals surface area contributed by atoms with Crippen molar-refractivity contribution in [3.8, 4) is 0 Å². The van der Waals surface area contributed by atoms with E-state index >= 15 is 0 Å². The Labute approximate surface area is 143 Å². The van der Waals surface area contributed by atoms with Crippen molar-refractivity contribution in [3.05, 3.63) is 0 Å². The zero-order valence-electron chi connectivity index (χ0n) is 14.9. The third-order valence-electron chi connectivity index (χ3n) is 4.39. The molecule has 1 saturated carbocycles. The van der Waals surface area contributed by atoms with Gasteiger partial charge < -0.3 is 20.3 Å². The lowest BCUT2D eigenvalue weighted by Crippen LogP contribution is -2.40. The Morgan fingerprint density at radius 2 is 1.79 bits per heavy atom. The first-order valence-electron chi connectivity index (χ1n) is 8.80. The molecular formula is C17H29N3O4. The van der Waals surface area contributed by atoms with Gasteiger partial charge in [0.2, 0.25) is 11.8 Å². The minimum absolute atomic E-state index is 0.0916. The standard InChI is InChI=1S/C17H29N3O4/c1-17(2,3)24-16(23)19-9-8-18-15(22)12-10-14(21)20(11-12)13-6-4-5-7-13/h12-13H,4-11H2,1-3H3,(H,18,22)(H,19,23). The maximum atomic E-state index is 12.2. The van der Waals surface area contributed by atoms with Gasteiger partial charge >= 0.3 is 6.09 Å². The highest BCUT2D eigenvalue weighted by molar-refractivity contribution is 5.89. The molecule has 24 heavy (non-hydrogen) atoms. The van der Waals surface area contributed by atoms with Crippen LogP contribution in [0.5, 0.6) is 0 Å². The summed E-state index contributed by atoms with van der Waals surface area (Å²) in [7, 11) is 0. The van der Waals surface area contributed by atoms with Crippen molar-refractivity contribution >= 4 is 17.9 Å². The van der Waals surface area contributed by atoms with Gasteiger partial charge in [0.25, 0.3) is 0 Å². The van der Waals surface area contributed by atoms with Gasteiger partial charge in [0, 0.05) is 32.1 Å². The number of hydrogen-bond donors (Lipinski definition) is 2.